The number of nitrogens with zero attached hydrogens (tertiary/aromatic N) is 1. The lowest BCUT2D eigenvalue weighted by Gasteiger charge is -2.27. The minimum Gasteiger partial charge on any atom is -0.486 e. The van der Waals surface area contributed by atoms with Gasteiger partial charge >= 0.3 is 0 Å². The van der Waals surface area contributed by atoms with Gasteiger partial charge in [0, 0.05) is 18.2 Å². The molecule has 0 aliphatic carbocycles. The second-order valence-electron chi connectivity index (χ2n) is 5.64. The smallest absolute Gasteiger partial charge is 0.166 e. The van der Waals surface area contributed by atoms with Crippen molar-refractivity contribution in [3.63, 3.8) is 0 Å². The van der Waals surface area contributed by atoms with E-state index in [9.17, 15) is 4.39 Å². The molecule has 1 aromatic rings. The summed E-state index contributed by atoms with van der Waals surface area (Å²) in [6.07, 6.45) is 0.985. The van der Waals surface area contributed by atoms with Gasteiger partial charge in [0.1, 0.15) is 19.9 Å². The van der Waals surface area contributed by atoms with Gasteiger partial charge in [-0.25, -0.2) is 4.39 Å². The Labute approximate surface area is 118 Å². The van der Waals surface area contributed by atoms with Crippen LogP contribution >= 0.6 is 0 Å². The third-order valence-corrected chi connectivity index (χ3v) is 4.21. The molecule has 0 aromatic heterocycles. The fourth-order valence-electron chi connectivity index (χ4n) is 3.20. The van der Waals surface area contributed by atoms with Crippen LogP contribution in [0.4, 0.5) is 4.39 Å². The molecule has 2 N–H and O–H groups in total. The van der Waals surface area contributed by atoms with E-state index in [1.165, 1.54) is 0 Å². The Morgan fingerprint density at radius 2 is 2.15 bits per heavy atom. The number of fused-ring (bicyclic) bond motifs is 1. The largest absolute Gasteiger partial charge is 0.486 e. The first-order valence-electron chi connectivity index (χ1n) is 7.11. The van der Waals surface area contributed by atoms with Crippen LogP contribution in [-0.2, 0) is 6.67 Å². The second kappa shape index (κ2) is 5.58. The molecule has 0 saturated carbocycles. The quantitative estimate of drug-likeness (QED) is 0.918. The van der Waals surface area contributed by atoms with Gasteiger partial charge in [0.15, 0.2) is 11.5 Å². The highest BCUT2D eigenvalue weighted by atomic mass is 19.1. The first kappa shape index (κ1) is 13.6. The van der Waals surface area contributed by atoms with Crippen LogP contribution in [0.2, 0.25) is 0 Å². The molecule has 2 aliphatic rings. The summed E-state index contributed by atoms with van der Waals surface area (Å²) in [5.74, 6) is 1.94. The van der Waals surface area contributed by atoms with Crippen LogP contribution in [0, 0.1) is 5.92 Å². The molecule has 0 bridgehead atoms. The summed E-state index contributed by atoms with van der Waals surface area (Å²) in [7, 11) is 2.08. The predicted molar refractivity (Wildman–Crippen MR) is 74.8 cm³/mol. The Bertz CT molecular complexity index is 495. The maximum absolute atomic E-state index is 13.1. The maximum Gasteiger partial charge on any atom is 0.166 e. The SMILES string of the molecule is CN1CC(CN)CC1c1cc(CF)cc2c1OCCO2. The Balaban J connectivity index is 1.99. The van der Waals surface area contributed by atoms with Gasteiger partial charge in [-0.2, -0.15) is 0 Å². The molecule has 1 aromatic carbocycles. The van der Waals surface area contributed by atoms with Crippen LogP contribution in [0.5, 0.6) is 11.5 Å². The van der Waals surface area contributed by atoms with Crippen LogP contribution in [0.1, 0.15) is 23.6 Å². The topological polar surface area (TPSA) is 47.7 Å². The summed E-state index contributed by atoms with van der Waals surface area (Å²) in [5.41, 5.74) is 7.47. The van der Waals surface area contributed by atoms with Gasteiger partial charge in [-0.3, -0.25) is 4.90 Å². The summed E-state index contributed by atoms with van der Waals surface area (Å²) in [4.78, 5) is 2.27. The highest BCUT2D eigenvalue weighted by Gasteiger charge is 2.33. The summed E-state index contributed by atoms with van der Waals surface area (Å²) >= 11 is 0. The number of rotatable bonds is 3. The molecule has 0 radical (unpaired) electrons. The highest BCUT2D eigenvalue weighted by Crippen LogP contribution is 2.44. The Kier molecular flexibility index (Phi) is 3.81. The van der Waals surface area contributed by atoms with Gasteiger partial charge < -0.3 is 15.2 Å². The standard InChI is InChI=1S/C15H21FN2O2/c1-18-9-11(8-17)5-13(18)12-4-10(7-16)6-14-15(12)20-3-2-19-14/h4,6,11,13H,2-3,5,7-9,17H2,1H3. The first-order chi connectivity index (χ1) is 9.72. The molecule has 5 heteroatoms. The Morgan fingerprint density at radius 3 is 2.85 bits per heavy atom. The minimum atomic E-state index is -0.486. The summed E-state index contributed by atoms with van der Waals surface area (Å²) in [6.45, 7) is 2.24. The van der Waals surface area contributed by atoms with Crippen molar-refractivity contribution < 1.29 is 13.9 Å². The second-order valence-corrected chi connectivity index (χ2v) is 5.64. The van der Waals surface area contributed by atoms with Crippen molar-refractivity contribution in [3.8, 4) is 11.5 Å². The number of hydrogen-bond donors (Lipinski definition) is 1. The number of benzene rings is 1. The van der Waals surface area contributed by atoms with E-state index in [4.69, 9.17) is 15.2 Å². The molecular weight excluding hydrogens is 259 g/mol. The minimum absolute atomic E-state index is 0.227. The van der Waals surface area contributed by atoms with Crippen molar-refractivity contribution in [1.29, 1.82) is 0 Å². The number of hydrogen-bond acceptors (Lipinski definition) is 4. The number of nitrogens with two attached hydrogens (primary N) is 1. The molecule has 2 aliphatic heterocycles. The molecule has 0 amide bonds. The van der Waals surface area contributed by atoms with Gasteiger partial charge in [-0.05, 0) is 43.6 Å². The molecule has 2 heterocycles. The number of likely N-dealkylation sites (tertiary alicyclic amines) is 1. The zero-order valence-corrected chi connectivity index (χ0v) is 11.8. The number of alkyl halides is 1. The van der Waals surface area contributed by atoms with E-state index in [1.807, 2.05) is 6.07 Å². The summed E-state index contributed by atoms with van der Waals surface area (Å²) < 4.78 is 24.5. The molecule has 4 nitrogen and oxygen atoms in total. The highest BCUT2D eigenvalue weighted by molar-refractivity contribution is 5.51. The van der Waals surface area contributed by atoms with E-state index in [2.05, 4.69) is 11.9 Å². The average molecular weight is 280 g/mol. The van der Waals surface area contributed by atoms with Crippen LogP contribution in [0.3, 0.4) is 0 Å². The average Bonchev–Trinajstić information content (AvgIpc) is 2.87. The van der Waals surface area contributed by atoms with Crippen molar-refractivity contribution >= 4 is 0 Å². The van der Waals surface area contributed by atoms with Gasteiger partial charge in [-0.1, -0.05) is 0 Å². The summed E-state index contributed by atoms with van der Waals surface area (Å²) in [6, 6.07) is 3.88. The van der Waals surface area contributed by atoms with E-state index >= 15 is 0 Å². The fourth-order valence-corrected chi connectivity index (χ4v) is 3.20. The third kappa shape index (κ3) is 2.36. The van der Waals surface area contributed by atoms with E-state index in [1.54, 1.807) is 6.07 Å². The normalized spacial score (nSPS) is 25.9. The van der Waals surface area contributed by atoms with E-state index in [0.717, 1.165) is 24.3 Å². The lowest BCUT2D eigenvalue weighted by Crippen LogP contribution is -2.22. The zero-order chi connectivity index (χ0) is 14.1. The molecule has 110 valence electrons. The van der Waals surface area contributed by atoms with Crippen LogP contribution in [0.25, 0.3) is 0 Å². The molecule has 1 saturated heterocycles. The van der Waals surface area contributed by atoms with Crippen LogP contribution in [-0.4, -0.2) is 38.3 Å². The summed E-state index contributed by atoms with van der Waals surface area (Å²) in [5, 5.41) is 0. The molecule has 1 fully saturated rings. The van der Waals surface area contributed by atoms with Gasteiger partial charge in [0.25, 0.3) is 0 Å². The molecule has 20 heavy (non-hydrogen) atoms. The maximum atomic E-state index is 13.1. The molecule has 2 unspecified atom stereocenters. The predicted octanol–water partition coefficient (Wildman–Crippen LogP) is 1.88. The lowest BCUT2D eigenvalue weighted by atomic mass is 9.97. The molecule has 2 atom stereocenters. The van der Waals surface area contributed by atoms with E-state index in [-0.39, 0.29) is 6.04 Å². The van der Waals surface area contributed by atoms with Crippen molar-refractivity contribution in [2.45, 2.75) is 19.1 Å². The lowest BCUT2D eigenvalue weighted by molar-refractivity contribution is 0.165. The number of halogens is 1. The van der Waals surface area contributed by atoms with Crippen molar-refractivity contribution in [3.05, 3.63) is 23.3 Å². The van der Waals surface area contributed by atoms with E-state index < -0.39 is 6.67 Å². The first-order valence-corrected chi connectivity index (χ1v) is 7.11. The van der Waals surface area contributed by atoms with Gasteiger partial charge in [-0.15, -0.1) is 0 Å². The third-order valence-electron chi connectivity index (χ3n) is 4.21. The van der Waals surface area contributed by atoms with Gasteiger partial charge in [0.05, 0.1) is 0 Å². The van der Waals surface area contributed by atoms with Crippen molar-refractivity contribution in [2.75, 3.05) is 33.4 Å². The molecule has 3 rings (SSSR count). The zero-order valence-electron chi connectivity index (χ0n) is 11.8. The fraction of sp³-hybridized carbons (Fsp3) is 0.600. The monoisotopic (exact) mass is 280 g/mol. The van der Waals surface area contributed by atoms with Crippen LogP contribution in [0.15, 0.2) is 12.1 Å². The van der Waals surface area contributed by atoms with Crippen molar-refractivity contribution in [1.82, 2.24) is 4.90 Å². The Morgan fingerprint density at radius 1 is 1.35 bits per heavy atom. The number of ether oxygens (including phenoxy) is 2. The molecule has 0 spiro atoms. The molecular formula is C15H21FN2O2. The van der Waals surface area contributed by atoms with Crippen molar-refractivity contribution in [2.24, 2.45) is 11.7 Å². The Hall–Kier alpha value is -1.33. The van der Waals surface area contributed by atoms with Gasteiger partial charge in [0.2, 0.25) is 0 Å². The van der Waals surface area contributed by atoms with Crippen LogP contribution < -0.4 is 15.2 Å². The van der Waals surface area contributed by atoms with E-state index in [0.29, 0.717) is 37.0 Å².